The Hall–Kier alpha value is -1.44. The average molecular weight is 275 g/mol. The monoisotopic (exact) mass is 275 g/mol. The molecule has 8 heteroatoms. The lowest BCUT2D eigenvalue weighted by molar-refractivity contribution is -0.117. The molecule has 0 saturated carbocycles. The van der Waals surface area contributed by atoms with Gasteiger partial charge in [0, 0.05) is 24.2 Å². The van der Waals surface area contributed by atoms with Gasteiger partial charge in [0.2, 0.25) is 5.91 Å². The fraction of sp³-hybridized carbons (Fsp3) is 0.600. The van der Waals surface area contributed by atoms with E-state index in [4.69, 9.17) is 0 Å². The summed E-state index contributed by atoms with van der Waals surface area (Å²) in [5, 5.41) is 5.50. The van der Waals surface area contributed by atoms with Crippen molar-refractivity contribution in [3.63, 3.8) is 0 Å². The first-order chi connectivity index (χ1) is 8.34. The van der Waals surface area contributed by atoms with Gasteiger partial charge in [0.05, 0.1) is 0 Å². The normalized spacial score (nSPS) is 20.7. The first-order valence-electron chi connectivity index (χ1n) is 5.62. The zero-order valence-electron chi connectivity index (χ0n) is 10.1. The zero-order valence-corrected chi connectivity index (χ0v) is 10.9. The van der Waals surface area contributed by atoms with Gasteiger partial charge < -0.3 is 0 Å². The molecule has 0 bridgehead atoms. The van der Waals surface area contributed by atoms with Gasteiger partial charge in [-0.1, -0.05) is 6.92 Å². The first kappa shape index (κ1) is 13.0. The smallest absolute Gasteiger partial charge is 0.294 e. The van der Waals surface area contributed by atoms with Crippen molar-refractivity contribution < 1.29 is 17.1 Å². The van der Waals surface area contributed by atoms with Gasteiger partial charge in [0.1, 0.15) is 5.25 Å². The summed E-state index contributed by atoms with van der Waals surface area (Å²) < 4.78 is 34.6. The van der Waals surface area contributed by atoms with E-state index in [1.54, 1.807) is 6.92 Å². The van der Waals surface area contributed by atoms with E-state index in [0.717, 1.165) is 17.7 Å². The second-order valence-corrected chi connectivity index (χ2v) is 5.93. The van der Waals surface area contributed by atoms with Crippen molar-refractivity contribution in [2.24, 2.45) is 0 Å². The molecule has 2 rings (SSSR count). The molecule has 1 unspecified atom stereocenters. The van der Waals surface area contributed by atoms with E-state index in [1.807, 2.05) is 6.92 Å². The van der Waals surface area contributed by atoms with E-state index in [2.05, 4.69) is 10.2 Å². The second-order valence-electron chi connectivity index (χ2n) is 4.31. The summed E-state index contributed by atoms with van der Waals surface area (Å²) in [6, 6.07) is 0. The molecule has 6 nitrogen and oxygen atoms in total. The summed E-state index contributed by atoms with van der Waals surface area (Å²) in [7, 11) is -4.69. The molecule has 0 spiro atoms. The van der Waals surface area contributed by atoms with Crippen molar-refractivity contribution in [2.45, 2.75) is 31.9 Å². The Kier molecular flexibility index (Phi) is 3.14. The minimum Gasteiger partial charge on any atom is -0.294 e. The molecule has 0 radical (unpaired) electrons. The van der Waals surface area contributed by atoms with Crippen molar-refractivity contribution in [1.82, 2.24) is 10.2 Å². The molecule has 1 aromatic heterocycles. The number of aromatic amines is 1. The summed E-state index contributed by atoms with van der Waals surface area (Å²) in [6.45, 7) is 3.56. The molecule has 1 N–H and O–H groups in total. The molecule has 1 aromatic rings. The number of aryl methyl sites for hydroxylation is 1. The number of amides is 1. The molecule has 1 saturated heterocycles. The highest BCUT2D eigenvalue weighted by atomic mass is 32.3. The van der Waals surface area contributed by atoms with Crippen molar-refractivity contribution in [2.75, 3.05) is 11.4 Å². The zero-order chi connectivity index (χ0) is 13.5. The predicted octanol–water partition coefficient (Wildman–Crippen LogP) is 0.685. The van der Waals surface area contributed by atoms with Gasteiger partial charge >= 0.3 is 10.2 Å². The van der Waals surface area contributed by atoms with Crippen LogP contribution in [0, 0.1) is 6.92 Å². The minimum absolute atomic E-state index is 0.174. The van der Waals surface area contributed by atoms with E-state index in [0.29, 0.717) is 5.82 Å². The molecule has 18 heavy (non-hydrogen) atoms. The number of aromatic nitrogens is 2. The first-order valence-corrected chi connectivity index (χ1v) is 7.07. The van der Waals surface area contributed by atoms with Gasteiger partial charge in [-0.15, -0.1) is 3.89 Å². The van der Waals surface area contributed by atoms with E-state index < -0.39 is 21.4 Å². The molecule has 1 amide bonds. The molecular weight excluding hydrogens is 261 g/mol. The minimum atomic E-state index is -4.69. The number of halogens is 1. The molecule has 100 valence electrons. The van der Waals surface area contributed by atoms with Crippen LogP contribution in [0.1, 0.15) is 24.6 Å². The fourth-order valence-corrected chi connectivity index (χ4v) is 2.77. The number of nitrogens with zero attached hydrogens (tertiary/aromatic N) is 2. The Bertz CT molecular complexity index is 581. The molecular formula is C10H14FN3O3S. The number of rotatable bonds is 3. The average Bonchev–Trinajstić information content (AvgIpc) is 2.81. The van der Waals surface area contributed by atoms with Gasteiger partial charge in [-0.05, 0) is 13.3 Å². The standard InChI is InChI=1S/C10H14FN3O3S/c1-3-8-6(2)10(13-12-8)14-5-7(4-9(14)15)18(11,16)17/h7H,3-5H2,1-2H3,(H,12,13). The number of hydrogen-bond donors (Lipinski definition) is 1. The van der Waals surface area contributed by atoms with Crippen molar-refractivity contribution >= 4 is 21.9 Å². The van der Waals surface area contributed by atoms with Crippen LogP contribution >= 0.6 is 0 Å². The van der Waals surface area contributed by atoms with Gasteiger partial charge in [-0.3, -0.25) is 14.8 Å². The highest BCUT2D eigenvalue weighted by Gasteiger charge is 2.40. The molecule has 1 fully saturated rings. The lowest BCUT2D eigenvalue weighted by atomic mass is 10.2. The third-order valence-electron chi connectivity index (χ3n) is 3.18. The van der Waals surface area contributed by atoms with Gasteiger partial charge in [-0.25, -0.2) is 0 Å². The highest BCUT2D eigenvalue weighted by molar-refractivity contribution is 7.87. The largest absolute Gasteiger partial charge is 0.307 e. The lowest BCUT2D eigenvalue weighted by Crippen LogP contribution is -2.27. The quantitative estimate of drug-likeness (QED) is 0.822. The van der Waals surface area contributed by atoms with Crippen LogP contribution in [0.3, 0.4) is 0 Å². The third-order valence-corrected chi connectivity index (χ3v) is 4.29. The summed E-state index contributed by atoms with van der Waals surface area (Å²) in [5.41, 5.74) is 1.67. The lowest BCUT2D eigenvalue weighted by Gasteiger charge is -2.13. The van der Waals surface area contributed by atoms with Crippen LogP contribution < -0.4 is 4.90 Å². The fourth-order valence-electron chi connectivity index (χ4n) is 2.10. The number of nitrogens with one attached hydrogen (secondary N) is 1. The number of hydrogen-bond acceptors (Lipinski definition) is 4. The van der Waals surface area contributed by atoms with Crippen molar-refractivity contribution in [1.29, 1.82) is 0 Å². The third kappa shape index (κ3) is 2.12. The molecule has 1 atom stereocenters. The van der Waals surface area contributed by atoms with Crippen LogP contribution in [0.15, 0.2) is 0 Å². The van der Waals surface area contributed by atoms with Gasteiger partial charge in [0.15, 0.2) is 5.82 Å². The topological polar surface area (TPSA) is 83.1 Å². The number of H-pyrrole nitrogens is 1. The second kappa shape index (κ2) is 4.34. The molecule has 0 aliphatic carbocycles. The van der Waals surface area contributed by atoms with Crippen LogP contribution in [0.2, 0.25) is 0 Å². The van der Waals surface area contributed by atoms with Crippen molar-refractivity contribution in [3.05, 3.63) is 11.3 Å². The summed E-state index contributed by atoms with van der Waals surface area (Å²) >= 11 is 0. The summed E-state index contributed by atoms with van der Waals surface area (Å²) in [4.78, 5) is 13.0. The predicted molar refractivity (Wildman–Crippen MR) is 63.5 cm³/mol. The van der Waals surface area contributed by atoms with Crippen LogP contribution in [-0.2, 0) is 21.4 Å². The molecule has 1 aliphatic heterocycles. The van der Waals surface area contributed by atoms with E-state index in [9.17, 15) is 17.1 Å². The summed E-state index contributed by atoms with van der Waals surface area (Å²) in [5.74, 6) is -0.0264. The Morgan fingerprint density at radius 1 is 1.56 bits per heavy atom. The Balaban J connectivity index is 2.30. The Morgan fingerprint density at radius 3 is 2.67 bits per heavy atom. The van der Waals surface area contributed by atoms with Crippen molar-refractivity contribution in [3.8, 4) is 0 Å². The van der Waals surface area contributed by atoms with E-state index in [-0.39, 0.29) is 13.0 Å². The Morgan fingerprint density at radius 2 is 2.22 bits per heavy atom. The SMILES string of the molecule is CCc1[nH]nc(N2CC(S(=O)(=O)F)CC2=O)c1C. The highest BCUT2D eigenvalue weighted by Crippen LogP contribution is 2.28. The maximum atomic E-state index is 12.9. The van der Waals surface area contributed by atoms with Gasteiger partial charge in [-0.2, -0.15) is 13.5 Å². The summed E-state index contributed by atoms with van der Waals surface area (Å²) in [6.07, 6.45) is 0.401. The van der Waals surface area contributed by atoms with Crippen LogP contribution in [0.25, 0.3) is 0 Å². The van der Waals surface area contributed by atoms with Crippen LogP contribution in [0.5, 0.6) is 0 Å². The molecule has 2 heterocycles. The Labute approximate surface area is 104 Å². The van der Waals surface area contributed by atoms with E-state index >= 15 is 0 Å². The maximum absolute atomic E-state index is 12.9. The van der Waals surface area contributed by atoms with Crippen LogP contribution in [0.4, 0.5) is 9.70 Å². The number of carbonyl (C=O) groups excluding carboxylic acids is 1. The van der Waals surface area contributed by atoms with Gasteiger partial charge in [0.25, 0.3) is 0 Å². The van der Waals surface area contributed by atoms with E-state index in [1.165, 1.54) is 4.90 Å². The number of anilines is 1. The molecule has 1 aliphatic rings. The van der Waals surface area contributed by atoms with Crippen LogP contribution in [-0.4, -0.2) is 36.3 Å². The maximum Gasteiger partial charge on any atom is 0.307 e. The molecule has 0 aromatic carbocycles. The number of carbonyl (C=O) groups is 1.